The maximum atomic E-state index is 11.6. The molecule has 0 bridgehead atoms. The molecule has 0 atom stereocenters. The molecular weight excluding hydrogens is 324 g/mol. The monoisotopic (exact) mass is 360 g/mol. The van der Waals surface area contributed by atoms with Crippen LogP contribution in [0.3, 0.4) is 0 Å². The number of ether oxygens (including phenoxy) is 1. The molecule has 0 fully saturated rings. The summed E-state index contributed by atoms with van der Waals surface area (Å²) in [6, 6.07) is 0. The van der Waals surface area contributed by atoms with Crippen molar-refractivity contribution < 1.29 is 24.0 Å². The smallest absolute Gasteiger partial charge is 0.248 e. The van der Waals surface area contributed by atoms with Gasteiger partial charge in [0.25, 0.3) is 0 Å². The predicted octanol–water partition coefficient (Wildman–Crippen LogP) is 2.39. The van der Waals surface area contributed by atoms with Gasteiger partial charge in [-0.1, -0.05) is 34.6 Å². The SMILES string of the molecule is CC.CCC(=O)NOCC(=O)NCC(C)(C)OCC(C)(C)CC(C)=O. The summed E-state index contributed by atoms with van der Waals surface area (Å²) >= 11 is 0. The van der Waals surface area contributed by atoms with Crippen molar-refractivity contribution >= 4 is 17.6 Å². The summed E-state index contributed by atoms with van der Waals surface area (Å²) in [6.45, 7) is 15.4. The van der Waals surface area contributed by atoms with Crippen LogP contribution in [0.4, 0.5) is 0 Å². The first kappa shape index (κ1) is 25.8. The highest BCUT2D eigenvalue weighted by Crippen LogP contribution is 2.23. The van der Waals surface area contributed by atoms with E-state index in [1.165, 1.54) is 0 Å². The molecule has 2 amide bonds. The van der Waals surface area contributed by atoms with E-state index in [4.69, 9.17) is 9.57 Å². The Labute approximate surface area is 152 Å². The molecule has 0 unspecified atom stereocenters. The second-order valence-electron chi connectivity index (χ2n) is 7.04. The number of hydrogen-bond acceptors (Lipinski definition) is 5. The maximum absolute atomic E-state index is 11.6. The van der Waals surface area contributed by atoms with Gasteiger partial charge in [0.2, 0.25) is 11.8 Å². The molecule has 0 aromatic rings. The number of rotatable bonds is 11. The van der Waals surface area contributed by atoms with Crippen LogP contribution in [0.2, 0.25) is 0 Å². The van der Waals surface area contributed by atoms with Crippen LogP contribution in [-0.2, 0) is 24.0 Å². The van der Waals surface area contributed by atoms with E-state index in [1.807, 2.05) is 41.5 Å². The minimum atomic E-state index is -0.573. The standard InChI is InChI=1S/C16H30N2O5.C2H6/c1-7-13(20)18-23-9-14(21)17-10-16(5,6)22-11-15(3,4)8-12(2)19;1-2/h7-11H2,1-6H3,(H,17,21)(H,18,20);1-2H3. The van der Waals surface area contributed by atoms with Crippen molar-refractivity contribution in [1.82, 2.24) is 10.8 Å². The van der Waals surface area contributed by atoms with Gasteiger partial charge in [-0.15, -0.1) is 0 Å². The van der Waals surface area contributed by atoms with Gasteiger partial charge in [0.15, 0.2) is 6.61 Å². The maximum Gasteiger partial charge on any atom is 0.248 e. The summed E-state index contributed by atoms with van der Waals surface area (Å²) in [5, 5.41) is 2.68. The Balaban J connectivity index is 0. The minimum absolute atomic E-state index is 0.121. The van der Waals surface area contributed by atoms with Crippen LogP contribution in [0.15, 0.2) is 0 Å². The van der Waals surface area contributed by atoms with Crippen LogP contribution in [0.1, 0.15) is 68.2 Å². The zero-order valence-electron chi connectivity index (χ0n) is 17.1. The topological polar surface area (TPSA) is 93.7 Å². The Hall–Kier alpha value is -1.47. The molecule has 0 aromatic heterocycles. The molecule has 0 aliphatic heterocycles. The highest BCUT2D eigenvalue weighted by Gasteiger charge is 2.26. The fraction of sp³-hybridized carbons (Fsp3) is 0.833. The van der Waals surface area contributed by atoms with E-state index in [1.54, 1.807) is 13.8 Å². The first-order valence-electron chi connectivity index (χ1n) is 8.78. The molecule has 0 heterocycles. The predicted molar refractivity (Wildman–Crippen MR) is 97.9 cm³/mol. The van der Waals surface area contributed by atoms with Gasteiger partial charge in [0, 0.05) is 19.4 Å². The number of nitrogens with one attached hydrogen (secondary N) is 2. The van der Waals surface area contributed by atoms with Crippen LogP contribution >= 0.6 is 0 Å². The number of ketones is 1. The fourth-order valence-electron chi connectivity index (χ4n) is 1.78. The second kappa shape index (κ2) is 12.8. The van der Waals surface area contributed by atoms with Gasteiger partial charge in [-0.25, -0.2) is 5.48 Å². The molecule has 0 rings (SSSR count). The highest BCUT2D eigenvalue weighted by molar-refractivity contribution is 5.78. The number of Topliss-reactive ketones (excluding diaryl/α,β-unsaturated/α-hetero) is 1. The van der Waals surface area contributed by atoms with Crippen molar-refractivity contribution in [3.8, 4) is 0 Å². The van der Waals surface area contributed by atoms with Crippen LogP contribution < -0.4 is 10.8 Å². The second-order valence-corrected chi connectivity index (χ2v) is 7.04. The molecule has 0 aliphatic rings. The molecule has 0 aliphatic carbocycles. The molecular formula is C18H36N2O5. The van der Waals surface area contributed by atoms with E-state index in [2.05, 4.69) is 10.8 Å². The van der Waals surface area contributed by atoms with Crippen LogP contribution in [0.5, 0.6) is 0 Å². The lowest BCUT2D eigenvalue weighted by atomic mass is 9.88. The summed E-state index contributed by atoms with van der Waals surface area (Å²) in [5.41, 5.74) is 1.34. The Bertz CT molecular complexity index is 420. The van der Waals surface area contributed by atoms with Crippen LogP contribution in [0.25, 0.3) is 0 Å². The minimum Gasteiger partial charge on any atom is -0.373 e. The van der Waals surface area contributed by atoms with Crippen LogP contribution in [-0.4, -0.2) is 43.0 Å². The van der Waals surface area contributed by atoms with E-state index in [0.717, 1.165) is 0 Å². The lowest BCUT2D eigenvalue weighted by Crippen LogP contribution is -2.44. The zero-order valence-corrected chi connectivity index (χ0v) is 17.1. The number of carbonyl (C=O) groups is 3. The molecule has 0 radical (unpaired) electrons. The summed E-state index contributed by atoms with van der Waals surface area (Å²) < 4.78 is 5.83. The third-order valence-corrected chi connectivity index (χ3v) is 3.00. The highest BCUT2D eigenvalue weighted by atomic mass is 16.7. The van der Waals surface area contributed by atoms with Crippen LogP contribution in [0, 0.1) is 5.41 Å². The Morgan fingerprint density at radius 2 is 1.56 bits per heavy atom. The molecule has 0 saturated carbocycles. The molecule has 0 spiro atoms. The van der Waals surface area contributed by atoms with E-state index < -0.39 is 5.60 Å². The van der Waals surface area contributed by atoms with Crippen molar-refractivity contribution in [3.05, 3.63) is 0 Å². The van der Waals surface area contributed by atoms with Crippen molar-refractivity contribution in [3.63, 3.8) is 0 Å². The average molecular weight is 360 g/mol. The van der Waals surface area contributed by atoms with Gasteiger partial charge in [-0.2, -0.15) is 0 Å². The van der Waals surface area contributed by atoms with Gasteiger partial charge >= 0.3 is 0 Å². The van der Waals surface area contributed by atoms with Gasteiger partial charge in [-0.05, 0) is 26.2 Å². The van der Waals surface area contributed by atoms with Crippen molar-refractivity contribution in [1.29, 1.82) is 0 Å². The molecule has 7 nitrogen and oxygen atoms in total. The normalized spacial score (nSPS) is 11.2. The van der Waals surface area contributed by atoms with E-state index in [0.29, 0.717) is 26.0 Å². The van der Waals surface area contributed by atoms with E-state index in [-0.39, 0.29) is 29.6 Å². The molecule has 0 saturated heterocycles. The number of hydroxylamine groups is 1. The van der Waals surface area contributed by atoms with Crippen molar-refractivity contribution in [2.75, 3.05) is 19.8 Å². The Kier molecular flexibility index (Phi) is 13.2. The summed E-state index contributed by atoms with van der Waals surface area (Å²) in [5.74, 6) is -0.508. The summed E-state index contributed by atoms with van der Waals surface area (Å²) in [7, 11) is 0. The summed E-state index contributed by atoms with van der Waals surface area (Å²) in [6.07, 6.45) is 0.735. The first-order chi connectivity index (χ1) is 11.5. The lowest BCUT2D eigenvalue weighted by molar-refractivity contribution is -0.139. The fourth-order valence-corrected chi connectivity index (χ4v) is 1.78. The van der Waals surface area contributed by atoms with Gasteiger partial charge in [0.05, 0.1) is 12.2 Å². The van der Waals surface area contributed by atoms with Crippen molar-refractivity contribution in [2.24, 2.45) is 5.41 Å². The molecule has 7 heteroatoms. The Morgan fingerprint density at radius 3 is 2.04 bits per heavy atom. The lowest BCUT2D eigenvalue weighted by Gasteiger charge is -2.31. The van der Waals surface area contributed by atoms with Gasteiger partial charge < -0.3 is 14.8 Å². The number of amides is 2. The quantitative estimate of drug-likeness (QED) is 0.552. The average Bonchev–Trinajstić information content (AvgIpc) is 2.52. The molecule has 25 heavy (non-hydrogen) atoms. The number of hydrogen-bond donors (Lipinski definition) is 2. The Morgan fingerprint density at radius 1 is 1.00 bits per heavy atom. The molecule has 148 valence electrons. The van der Waals surface area contributed by atoms with Gasteiger partial charge in [0.1, 0.15) is 5.78 Å². The third kappa shape index (κ3) is 15.8. The van der Waals surface area contributed by atoms with E-state index in [9.17, 15) is 14.4 Å². The van der Waals surface area contributed by atoms with E-state index >= 15 is 0 Å². The molecule has 0 aromatic carbocycles. The van der Waals surface area contributed by atoms with Crippen molar-refractivity contribution in [2.45, 2.75) is 73.8 Å². The zero-order chi connectivity index (χ0) is 20.1. The third-order valence-electron chi connectivity index (χ3n) is 3.00. The van der Waals surface area contributed by atoms with Gasteiger partial charge in [-0.3, -0.25) is 14.4 Å². The first-order valence-corrected chi connectivity index (χ1v) is 8.78. The molecule has 2 N–H and O–H groups in total. The summed E-state index contributed by atoms with van der Waals surface area (Å²) in [4.78, 5) is 38.6. The number of carbonyl (C=O) groups excluding carboxylic acids is 3. The largest absolute Gasteiger partial charge is 0.373 e.